The third-order valence-electron chi connectivity index (χ3n) is 4.86. The zero-order chi connectivity index (χ0) is 18.6. The van der Waals surface area contributed by atoms with Gasteiger partial charge in [0.1, 0.15) is 6.10 Å². The smallest absolute Gasteiger partial charge is 0.317 e. The summed E-state index contributed by atoms with van der Waals surface area (Å²) in [7, 11) is 0. The molecule has 3 heterocycles. The van der Waals surface area contributed by atoms with Crippen molar-refractivity contribution >= 4 is 16.9 Å². The van der Waals surface area contributed by atoms with Gasteiger partial charge in [-0.05, 0) is 24.6 Å². The SMILES string of the molecule is CC(NC(=O)N1CCC(Oc2cnccn2)CC1)c1ccc2[nH]ncc2c1. The summed E-state index contributed by atoms with van der Waals surface area (Å²) in [5, 5.41) is 11.1. The number of benzene rings is 1. The van der Waals surface area contributed by atoms with Crippen LogP contribution in [0.1, 0.15) is 31.4 Å². The number of hydrogen-bond acceptors (Lipinski definition) is 5. The van der Waals surface area contributed by atoms with E-state index in [2.05, 4.69) is 25.5 Å². The predicted octanol–water partition coefficient (Wildman–Crippen LogP) is 2.67. The van der Waals surface area contributed by atoms with Gasteiger partial charge < -0.3 is 15.0 Å². The number of hydrogen-bond donors (Lipinski definition) is 2. The highest BCUT2D eigenvalue weighted by Crippen LogP contribution is 2.20. The van der Waals surface area contributed by atoms with Crippen LogP contribution in [0, 0.1) is 0 Å². The molecule has 4 rings (SSSR count). The second-order valence-electron chi connectivity index (χ2n) is 6.74. The van der Waals surface area contributed by atoms with Crippen LogP contribution < -0.4 is 10.1 Å². The molecule has 3 aromatic rings. The van der Waals surface area contributed by atoms with Gasteiger partial charge in [-0.15, -0.1) is 0 Å². The standard InChI is InChI=1S/C19H22N6O2/c1-13(14-2-3-17-15(10-14)11-22-24-17)23-19(26)25-8-4-16(5-9-25)27-18-12-20-6-7-21-18/h2-3,6-7,10-13,16H,4-5,8-9H2,1H3,(H,22,24)(H,23,26). The van der Waals surface area contributed by atoms with E-state index in [0.717, 1.165) is 29.3 Å². The van der Waals surface area contributed by atoms with Crippen LogP contribution in [0.2, 0.25) is 0 Å². The number of carbonyl (C=O) groups is 1. The van der Waals surface area contributed by atoms with E-state index in [-0.39, 0.29) is 18.2 Å². The van der Waals surface area contributed by atoms with Gasteiger partial charge in [-0.1, -0.05) is 6.07 Å². The summed E-state index contributed by atoms with van der Waals surface area (Å²) in [5.74, 6) is 0.531. The number of aromatic nitrogens is 4. The summed E-state index contributed by atoms with van der Waals surface area (Å²) in [4.78, 5) is 22.6. The Balaban J connectivity index is 1.30. The van der Waals surface area contributed by atoms with Crippen molar-refractivity contribution in [3.63, 3.8) is 0 Å². The van der Waals surface area contributed by atoms with E-state index in [0.29, 0.717) is 19.0 Å². The normalized spacial score (nSPS) is 16.3. The summed E-state index contributed by atoms with van der Waals surface area (Å²) >= 11 is 0. The van der Waals surface area contributed by atoms with Gasteiger partial charge in [0.2, 0.25) is 5.88 Å². The van der Waals surface area contributed by atoms with Crippen LogP contribution in [0.25, 0.3) is 10.9 Å². The van der Waals surface area contributed by atoms with Gasteiger partial charge in [-0.3, -0.25) is 10.1 Å². The molecule has 140 valence electrons. The lowest BCUT2D eigenvalue weighted by atomic mass is 10.1. The molecule has 1 atom stereocenters. The highest BCUT2D eigenvalue weighted by molar-refractivity contribution is 5.79. The first kappa shape index (κ1) is 17.3. The first-order valence-corrected chi connectivity index (χ1v) is 9.10. The van der Waals surface area contributed by atoms with Crippen LogP contribution in [0.3, 0.4) is 0 Å². The summed E-state index contributed by atoms with van der Waals surface area (Å²) in [6.45, 7) is 3.30. The van der Waals surface area contributed by atoms with E-state index >= 15 is 0 Å². The Hall–Kier alpha value is -3.16. The maximum Gasteiger partial charge on any atom is 0.317 e. The van der Waals surface area contributed by atoms with Crippen molar-refractivity contribution in [2.24, 2.45) is 0 Å². The molecule has 8 nitrogen and oxygen atoms in total. The van der Waals surface area contributed by atoms with Crippen molar-refractivity contribution in [3.8, 4) is 5.88 Å². The summed E-state index contributed by atoms with van der Waals surface area (Å²) < 4.78 is 5.83. The van der Waals surface area contributed by atoms with Gasteiger partial charge in [0, 0.05) is 43.7 Å². The Bertz CT molecular complexity index is 905. The van der Waals surface area contributed by atoms with E-state index in [4.69, 9.17) is 4.74 Å². The first-order chi connectivity index (χ1) is 13.2. The maximum atomic E-state index is 12.6. The molecule has 27 heavy (non-hydrogen) atoms. The quantitative estimate of drug-likeness (QED) is 0.740. The number of rotatable bonds is 4. The molecule has 2 N–H and O–H groups in total. The van der Waals surface area contributed by atoms with Crippen molar-refractivity contribution in [1.82, 2.24) is 30.4 Å². The Kier molecular flexibility index (Phi) is 4.86. The Morgan fingerprint density at radius 3 is 2.93 bits per heavy atom. The Labute approximate surface area is 157 Å². The largest absolute Gasteiger partial charge is 0.473 e. The van der Waals surface area contributed by atoms with E-state index < -0.39 is 0 Å². The summed E-state index contributed by atoms with van der Waals surface area (Å²) in [5.41, 5.74) is 2.04. The molecule has 0 aliphatic carbocycles. The number of nitrogens with zero attached hydrogens (tertiary/aromatic N) is 4. The van der Waals surface area contributed by atoms with Crippen molar-refractivity contribution in [1.29, 1.82) is 0 Å². The topological polar surface area (TPSA) is 96.0 Å². The maximum absolute atomic E-state index is 12.6. The summed E-state index contributed by atoms with van der Waals surface area (Å²) in [6, 6.07) is 5.91. The van der Waals surface area contributed by atoms with Crippen molar-refractivity contribution in [2.75, 3.05) is 13.1 Å². The second kappa shape index (κ2) is 7.61. The van der Waals surface area contributed by atoms with Gasteiger partial charge in [0.05, 0.1) is 24.0 Å². The van der Waals surface area contributed by atoms with E-state index in [1.165, 1.54) is 0 Å². The lowest BCUT2D eigenvalue weighted by Gasteiger charge is -2.32. The van der Waals surface area contributed by atoms with Crippen LogP contribution in [-0.4, -0.2) is 50.3 Å². The third kappa shape index (κ3) is 3.99. The number of likely N-dealkylation sites (tertiary alicyclic amines) is 1. The lowest BCUT2D eigenvalue weighted by molar-refractivity contribution is 0.106. The number of fused-ring (bicyclic) bond motifs is 1. The molecule has 1 saturated heterocycles. The molecule has 0 spiro atoms. The molecule has 1 aliphatic heterocycles. The van der Waals surface area contributed by atoms with Crippen LogP contribution in [-0.2, 0) is 0 Å². The number of aromatic amines is 1. The van der Waals surface area contributed by atoms with Gasteiger partial charge in [0.25, 0.3) is 0 Å². The van der Waals surface area contributed by atoms with E-state index in [9.17, 15) is 4.79 Å². The van der Waals surface area contributed by atoms with Crippen LogP contribution in [0.5, 0.6) is 5.88 Å². The van der Waals surface area contributed by atoms with Crippen LogP contribution in [0.15, 0.2) is 43.0 Å². The molecule has 1 fully saturated rings. The molecular weight excluding hydrogens is 344 g/mol. The number of carbonyl (C=O) groups excluding carboxylic acids is 1. The number of ether oxygens (including phenoxy) is 1. The minimum Gasteiger partial charge on any atom is -0.473 e. The highest BCUT2D eigenvalue weighted by atomic mass is 16.5. The minimum atomic E-state index is -0.0784. The molecule has 0 saturated carbocycles. The number of amides is 2. The Morgan fingerprint density at radius 2 is 2.15 bits per heavy atom. The predicted molar refractivity (Wildman–Crippen MR) is 100 cm³/mol. The molecule has 1 unspecified atom stereocenters. The Morgan fingerprint density at radius 1 is 1.30 bits per heavy atom. The lowest BCUT2D eigenvalue weighted by Crippen LogP contribution is -2.47. The molecule has 2 amide bonds. The molecule has 1 aliphatic rings. The highest BCUT2D eigenvalue weighted by Gasteiger charge is 2.25. The van der Waals surface area contributed by atoms with Crippen molar-refractivity contribution in [3.05, 3.63) is 48.5 Å². The van der Waals surface area contributed by atoms with Gasteiger partial charge in [-0.2, -0.15) is 5.10 Å². The zero-order valence-electron chi connectivity index (χ0n) is 15.1. The van der Waals surface area contributed by atoms with E-state index in [1.54, 1.807) is 24.8 Å². The van der Waals surface area contributed by atoms with Gasteiger partial charge in [-0.25, -0.2) is 9.78 Å². The van der Waals surface area contributed by atoms with Crippen molar-refractivity contribution < 1.29 is 9.53 Å². The first-order valence-electron chi connectivity index (χ1n) is 9.10. The fourth-order valence-electron chi connectivity index (χ4n) is 3.28. The molecule has 2 aromatic heterocycles. The zero-order valence-corrected chi connectivity index (χ0v) is 15.1. The third-order valence-corrected chi connectivity index (χ3v) is 4.86. The fourth-order valence-corrected chi connectivity index (χ4v) is 3.28. The van der Waals surface area contributed by atoms with Crippen LogP contribution >= 0.6 is 0 Å². The fraction of sp³-hybridized carbons (Fsp3) is 0.368. The molecule has 0 radical (unpaired) electrons. The average molecular weight is 366 g/mol. The number of nitrogens with one attached hydrogen (secondary N) is 2. The number of piperidine rings is 1. The molecular formula is C19H22N6O2. The van der Waals surface area contributed by atoms with Gasteiger partial charge >= 0.3 is 6.03 Å². The van der Waals surface area contributed by atoms with Crippen molar-refractivity contribution in [2.45, 2.75) is 31.9 Å². The average Bonchev–Trinajstić information content (AvgIpc) is 3.17. The molecule has 1 aromatic carbocycles. The number of H-pyrrole nitrogens is 1. The monoisotopic (exact) mass is 366 g/mol. The molecule has 8 heteroatoms. The minimum absolute atomic E-state index is 0.0484. The van der Waals surface area contributed by atoms with E-state index in [1.807, 2.05) is 30.0 Å². The van der Waals surface area contributed by atoms with Crippen LogP contribution in [0.4, 0.5) is 4.79 Å². The van der Waals surface area contributed by atoms with Gasteiger partial charge in [0.15, 0.2) is 0 Å². The molecule has 0 bridgehead atoms. The number of urea groups is 1. The summed E-state index contributed by atoms with van der Waals surface area (Å²) in [6.07, 6.45) is 8.24. The second-order valence-corrected chi connectivity index (χ2v) is 6.74.